The van der Waals surface area contributed by atoms with E-state index in [0.29, 0.717) is 36.2 Å². The number of aromatic nitrogens is 3. The van der Waals surface area contributed by atoms with Gasteiger partial charge in [-0.15, -0.1) is 0 Å². The fourth-order valence-corrected chi connectivity index (χ4v) is 3.64. The molecule has 25 heavy (non-hydrogen) atoms. The number of carbonyl (C=O) groups excluding carboxylic acids is 1. The molecule has 2 fully saturated rings. The predicted molar refractivity (Wildman–Crippen MR) is 94.5 cm³/mol. The maximum atomic E-state index is 12.6. The lowest BCUT2D eigenvalue weighted by Gasteiger charge is -2.26. The summed E-state index contributed by atoms with van der Waals surface area (Å²) in [6.45, 7) is 2.82. The van der Waals surface area contributed by atoms with Gasteiger partial charge in [0.25, 0.3) is 0 Å². The van der Waals surface area contributed by atoms with Crippen LogP contribution in [0.4, 0.5) is 5.82 Å². The van der Waals surface area contributed by atoms with Gasteiger partial charge in [-0.05, 0) is 31.4 Å². The Morgan fingerprint density at radius 2 is 2.08 bits per heavy atom. The Morgan fingerprint density at radius 3 is 2.92 bits per heavy atom. The van der Waals surface area contributed by atoms with Gasteiger partial charge in [0, 0.05) is 38.3 Å². The highest BCUT2D eigenvalue weighted by molar-refractivity contribution is 6.29. The zero-order valence-electron chi connectivity index (χ0n) is 13.8. The van der Waals surface area contributed by atoms with E-state index in [2.05, 4.69) is 20.3 Å². The van der Waals surface area contributed by atoms with E-state index >= 15 is 0 Å². The van der Waals surface area contributed by atoms with E-state index in [1.165, 1.54) is 6.33 Å². The molecular weight excluding hydrogens is 342 g/mol. The zero-order valence-corrected chi connectivity index (χ0v) is 14.6. The minimum absolute atomic E-state index is 0.104. The lowest BCUT2D eigenvalue weighted by atomic mass is 9.99. The maximum Gasteiger partial charge on any atom is 0.225 e. The third-order valence-corrected chi connectivity index (χ3v) is 5.07. The van der Waals surface area contributed by atoms with Crippen LogP contribution < -0.4 is 5.32 Å². The van der Waals surface area contributed by atoms with Gasteiger partial charge in [0.1, 0.15) is 17.0 Å². The van der Waals surface area contributed by atoms with Crippen molar-refractivity contribution in [3.63, 3.8) is 0 Å². The molecule has 8 heteroatoms. The zero-order chi connectivity index (χ0) is 17.2. The van der Waals surface area contributed by atoms with Gasteiger partial charge in [0.05, 0.1) is 5.52 Å². The average Bonchev–Trinajstić information content (AvgIpc) is 3.11. The summed E-state index contributed by atoms with van der Waals surface area (Å²) in [5.74, 6) is 1.02. The second-order valence-corrected chi connectivity index (χ2v) is 6.91. The van der Waals surface area contributed by atoms with Crippen molar-refractivity contribution in [1.29, 1.82) is 0 Å². The number of hydrogen-bond acceptors (Lipinski definition) is 6. The first-order valence-electron chi connectivity index (χ1n) is 8.61. The van der Waals surface area contributed by atoms with Crippen LogP contribution in [0.25, 0.3) is 11.0 Å². The van der Waals surface area contributed by atoms with Gasteiger partial charge in [-0.3, -0.25) is 4.79 Å². The number of nitrogens with zero attached hydrogens (tertiary/aromatic N) is 4. The molecular formula is C17H20ClN5O2. The second kappa shape index (κ2) is 7.09. The molecule has 0 unspecified atom stereocenters. The minimum Gasteiger partial charge on any atom is -0.381 e. The number of likely N-dealkylation sites (tertiary alicyclic amines) is 1. The van der Waals surface area contributed by atoms with Crippen LogP contribution in [0.15, 0.2) is 18.5 Å². The van der Waals surface area contributed by atoms with Crippen molar-refractivity contribution in [3.8, 4) is 0 Å². The van der Waals surface area contributed by atoms with Crippen LogP contribution in [0.1, 0.15) is 19.3 Å². The Kier molecular flexibility index (Phi) is 4.67. The molecule has 2 aliphatic heterocycles. The van der Waals surface area contributed by atoms with Gasteiger partial charge in [0.15, 0.2) is 5.82 Å². The first-order valence-corrected chi connectivity index (χ1v) is 8.99. The standard InChI is InChI=1S/C17H20ClN5O2/c18-14-2-1-13-15(22-14)16(20-10-19-13)21-12-3-6-23(9-12)17(24)11-4-7-25-8-5-11/h1-2,10-12H,3-9H2,(H,19,20,21)/t12-/m0/s1. The topological polar surface area (TPSA) is 80.2 Å². The highest BCUT2D eigenvalue weighted by Gasteiger charge is 2.32. The number of ether oxygens (including phenoxy) is 1. The van der Waals surface area contributed by atoms with Crippen LogP contribution in [0, 0.1) is 5.92 Å². The number of rotatable bonds is 3. The Hall–Kier alpha value is -1.99. The molecule has 0 bridgehead atoms. The number of halogens is 1. The van der Waals surface area contributed by atoms with E-state index in [-0.39, 0.29) is 17.9 Å². The number of amides is 1. The molecule has 0 aliphatic carbocycles. The molecule has 2 aliphatic rings. The van der Waals surface area contributed by atoms with Crippen LogP contribution in [-0.4, -0.2) is 58.1 Å². The van der Waals surface area contributed by atoms with Crippen LogP contribution in [0.5, 0.6) is 0 Å². The summed E-state index contributed by atoms with van der Waals surface area (Å²) in [5, 5.41) is 3.82. The number of pyridine rings is 1. The summed E-state index contributed by atoms with van der Waals surface area (Å²) in [5.41, 5.74) is 1.40. The smallest absolute Gasteiger partial charge is 0.225 e. The molecule has 2 saturated heterocycles. The lowest BCUT2D eigenvalue weighted by molar-refractivity contribution is -0.137. The summed E-state index contributed by atoms with van der Waals surface area (Å²) in [7, 11) is 0. The molecule has 1 amide bonds. The molecule has 7 nitrogen and oxygen atoms in total. The Morgan fingerprint density at radius 1 is 1.24 bits per heavy atom. The van der Waals surface area contributed by atoms with Crippen LogP contribution in [-0.2, 0) is 9.53 Å². The number of hydrogen-bond donors (Lipinski definition) is 1. The van der Waals surface area contributed by atoms with Gasteiger partial charge in [-0.25, -0.2) is 15.0 Å². The lowest BCUT2D eigenvalue weighted by Crippen LogP contribution is -2.38. The van der Waals surface area contributed by atoms with E-state index in [1.807, 2.05) is 11.0 Å². The average molecular weight is 362 g/mol. The molecule has 4 rings (SSSR count). The van der Waals surface area contributed by atoms with Gasteiger partial charge in [-0.1, -0.05) is 11.6 Å². The van der Waals surface area contributed by atoms with E-state index in [1.54, 1.807) is 6.07 Å². The molecule has 0 aromatic carbocycles. The van der Waals surface area contributed by atoms with Crippen molar-refractivity contribution in [2.24, 2.45) is 5.92 Å². The summed E-state index contributed by atoms with van der Waals surface area (Å²) in [4.78, 5) is 27.4. The Bertz CT molecular complexity index is 781. The minimum atomic E-state index is 0.104. The van der Waals surface area contributed by atoms with Crippen molar-refractivity contribution in [2.45, 2.75) is 25.3 Å². The second-order valence-electron chi connectivity index (χ2n) is 6.52. The monoisotopic (exact) mass is 361 g/mol. The SMILES string of the molecule is O=C(C1CCOCC1)N1CC[C@H](Nc2ncnc3ccc(Cl)nc23)C1. The van der Waals surface area contributed by atoms with E-state index in [9.17, 15) is 4.79 Å². The molecule has 132 valence electrons. The molecule has 0 saturated carbocycles. The van der Waals surface area contributed by atoms with Gasteiger partial charge in [0.2, 0.25) is 5.91 Å². The van der Waals surface area contributed by atoms with Gasteiger partial charge in [-0.2, -0.15) is 0 Å². The maximum absolute atomic E-state index is 12.6. The largest absolute Gasteiger partial charge is 0.381 e. The number of anilines is 1. The quantitative estimate of drug-likeness (QED) is 0.843. The van der Waals surface area contributed by atoms with Crippen LogP contribution in [0.2, 0.25) is 5.15 Å². The molecule has 1 N–H and O–H groups in total. The molecule has 2 aromatic heterocycles. The summed E-state index contributed by atoms with van der Waals surface area (Å²) in [6.07, 6.45) is 4.06. The fraction of sp³-hybridized carbons (Fsp3) is 0.529. The van der Waals surface area contributed by atoms with Gasteiger partial charge >= 0.3 is 0 Å². The van der Waals surface area contributed by atoms with Crippen molar-refractivity contribution in [2.75, 3.05) is 31.6 Å². The summed E-state index contributed by atoms with van der Waals surface area (Å²) < 4.78 is 5.35. The summed E-state index contributed by atoms with van der Waals surface area (Å²) >= 11 is 6.00. The highest BCUT2D eigenvalue weighted by Crippen LogP contribution is 2.24. The van der Waals surface area contributed by atoms with Crippen LogP contribution >= 0.6 is 11.6 Å². The molecule has 0 spiro atoms. The number of fused-ring (bicyclic) bond motifs is 1. The fourth-order valence-electron chi connectivity index (χ4n) is 3.50. The van der Waals surface area contributed by atoms with Crippen LogP contribution in [0.3, 0.4) is 0 Å². The van der Waals surface area contributed by atoms with Crippen molar-refractivity contribution in [3.05, 3.63) is 23.6 Å². The van der Waals surface area contributed by atoms with Gasteiger partial charge < -0.3 is 15.0 Å². The third kappa shape index (κ3) is 3.52. The Balaban J connectivity index is 1.44. The first-order chi connectivity index (χ1) is 12.2. The Labute approximate surface area is 150 Å². The highest BCUT2D eigenvalue weighted by atomic mass is 35.5. The van der Waals surface area contributed by atoms with Crippen molar-refractivity contribution >= 4 is 34.4 Å². The van der Waals surface area contributed by atoms with E-state index < -0.39 is 0 Å². The van der Waals surface area contributed by atoms with Crippen molar-refractivity contribution in [1.82, 2.24) is 19.9 Å². The third-order valence-electron chi connectivity index (χ3n) is 4.86. The molecule has 4 heterocycles. The van der Waals surface area contributed by atoms with E-state index in [4.69, 9.17) is 16.3 Å². The molecule has 0 radical (unpaired) electrons. The normalized spacial score (nSPS) is 21.6. The molecule has 1 atom stereocenters. The number of nitrogens with one attached hydrogen (secondary N) is 1. The predicted octanol–water partition coefficient (Wildman–Crippen LogP) is 2.12. The van der Waals surface area contributed by atoms with E-state index in [0.717, 1.165) is 31.3 Å². The molecule has 2 aromatic rings. The summed E-state index contributed by atoms with van der Waals surface area (Å²) in [6, 6.07) is 3.69. The first kappa shape index (κ1) is 16.5. The van der Waals surface area contributed by atoms with Crippen molar-refractivity contribution < 1.29 is 9.53 Å². The number of carbonyl (C=O) groups is 1.